The maximum atomic E-state index is 11.5. The second-order valence-electron chi connectivity index (χ2n) is 4.77. The smallest absolute Gasteiger partial charge is 0.223 e. The Morgan fingerprint density at radius 2 is 2.00 bits per heavy atom. The molecule has 18 heavy (non-hydrogen) atoms. The molecule has 100 valence electrons. The van der Waals surface area contributed by atoms with Crippen LogP contribution in [0.5, 0.6) is 5.75 Å². The van der Waals surface area contributed by atoms with Gasteiger partial charge in [0.2, 0.25) is 5.43 Å². The lowest BCUT2D eigenvalue weighted by Gasteiger charge is -2.19. The molecule has 0 bridgehead atoms. The summed E-state index contributed by atoms with van der Waals surface area (Å²) in [5, 5.41) is 18.4. The Labute approximate surface area is 106 Å². The molecule has 0 radical (unpaired) electrons. The van der Waals surface area contributed by atoms with Crippen LogP contribution in [0.3, 0.4) is 0 Å². The van der Waals surface area contributed by atoms with Gasteiger partial charge in [0.1, 0.15) is 0 Å². The van der Waals surface area contributed by atoms with Crippen LogP contribution < -0.4 is 5.43 Å². The molecule has 1 saturated heterocycles. The van der Waals surface area contributed by atoms with Crippen LogP contribution in [-0.2, 0) is 13.1 Å². The quantitative estimate of drug-likeness (QED) is 0.802. The Morgan fingerprint density at radius 1 is 1.28 bits per heavy atom. The number of pyridine rings is 1. The number of aryl methyl sites for hydroxylation is 1. The lowest BCUT2D eigenvalue weighted by molar-refractivity contribution is 0.274. The number of hydrogen-bond donors (Lipinski definition) is 2. The highest BCUT2D eigenvalue weighted by atomic mass is 16.3. The minimum Gasteiger partial charge on any atom is -0.503 e. The molecule has 5 heteroatoms. The average Bonchev–Trinajstić information content (AvgIpc) is 2.84. The van der Waals surface area contributed by atoms with Gasteiger partial charge in [-0.25, -0.2) is 0 Å². The second-order valence-corrected chi connectivity index (χ2v) is 4.77. The van der Waals surface area contributed by atoms with E-state index in [2.05, 4.69) is 4.90 Å². The Kier molecular flexibility index (Phi) is 4.38. The predicted octanol–water partition coefficient (Wildman–Crippen LogP) is 0.532. The van der Waals surface area contributed by atoms with Gasteiger partial charge >= 0.3 is 0 Å². The molecule has 0 aromatic carbocycles. The normalized spacial score (nSPS) is 16.3. The van der Waals surface area contributed by atoms with Crippen molar-refractivity contribution in [2.75, 3.05) is 19.7 Å². The number of hydrogen-bond acceptors (Lipinski definition) is 4. The van der Waals surface area contributed by atoms with Gasteiger partial charge in [-0.2, -0.15) is 0 Å². The summed E-state index contributed by atoms with van der Waals surface area (Å²) in [6, 6.07) is 1.50. The molecule has 1 fully saturated rings. The van der Waals surface area contributed by atoms with E-state index in [0.717, 1.165) is 25.3 Å². The first-order valence-electron chi connectivity index (χ1n) is 6.46. The van der Waals surface area contributed by atoms with Gasteiger partial charge in [-0.05, 0) is 32.4 Å². The number of likely N-dealkylation sites (tertiary alicyclic amines) is 1. The van der Waals surface area contributed by atoms with E-state index in [1.807, 2.05) is 4.57 Å². The summed E-state index contributed by atoms with van der Waals surface area (Å²) < 4.78 is 1.87. The third-order valence-corrected chi connectivity index (χ3v) is 3.34. The lowest BCUT2D eigenvalue weighted by Crippen LogP contribution is -2.23. The van der Waals surface area contributed by atoms with Gasteiger partial charge in [0, 0.05) is 31.5 Å². The zero-order valence-electron chi connectivity index (χ0n) is 10.5. The predicted molar refractivity (Wildman–Crippen MR) is 68.6 cm³/mol. The van der Waals surface area contributed by atoms with Crippen molar-refractivity contribution in [3.8, 4) is 5.75 Å². The second kappa shape index (κ2) is 6.02. The van der Waals surface area contributed by atoms with Crippen molar-refractivity contribution in [1.29, 1.82) is 0 Å². The molecular formula is C13H20N2O3. The minimum absolute atomic E-state index is 0.107. The highest BCUT2D eigenvalue weighted by Gasteiger charge is 2.14. The van der Waals surface area contributed by atoms with E-state index in [9.17, 15) is 9.90 Å². The van der Waals surface area contributed by atoms with Crippen molar-refractivity contribution in [1.82, 2.24) is 9.47 Å². The van der Waals surface area contributed by atoms with Gasteiger partial charge < -0.3 is 14.8 Å². The molecule has 1 aliphatic heterocycles. The Balaban J connectivity index is 2.19. The van der Waals surface area contributed by atoms with Gasteiger partial charge in [0.05, 0.1) is 6.20 Å². The SMILES string of the molecule is O=c1cc(CN2CCCC2)n(CCCO)cc1O. The first-order valence-corrected chi connectivity index (χ1v) is 6.46. The topological polar surface area (TPSA) is 65.7 Å². The summed E-state index contributed by atoms with van der Waals surface area (Å²) in [5.74, 6) is -0.224. The van der Waals surface area contributed by atoms with Gasteiger partial charge in [0.25, 0.3) is 0 Å². The number of aliphatic hydroxyl groups is 1. The van der Waals surface area contributed by atoms with Gasteiger partial charge in [-0.15, -0.1) is 0 Å². The molecule has 1 aromatic rings. The lowest BCUT2D eigenvalue weighted by atomic mass is 10.3. The number of aliphatic hydroxyl groups excluding tert-OH is 1. The zero-order valence-corrected chi connectivity index (χ0v) is 10.5. The molecular weight excluding hydrogens is 232 g/mol. The molecule has 2 N–H and O–H groups in total. The monoisotopic (exact) mass is 252 g/mol. The molecule has 1 aromatic heterocycles. The van der Waals surface area contributed by atoms with E-state index in [-0.39, 0.29) is 17.8 Å². The van der Waals surface area contributed by atoms with E-state index in [1.165, 1.54) is 25.1 Å². The first kappa shape index (κ1) is 13.1. The number of aromatic hydroxyl groups is 1. The maximum Gasteiger partial charge on any atom is 0.223 e. The number of nitrogens with zero attached hydrogens (tertiary/aromatic N) is 2. The molecule has 1 aliphatic rings. The summed E-state index contributed by atoms with van der Waals surface area (Å²) in [6.07, 6.45) is 4.51. The largest absolute Gasteiger partial charge is 0.503 e. The molecule has 2 rings (SSSR count). The van der Waals surface area contributed by atoms with E-state index in [1.54, 1.807) is 0 Å². The van der Waals surface area contributed by atoms with Crippen molar-refractivity contribution in [2.24, 2.45) is 0 Å². The van der Waals surface area contributed by atoms with E-state index < -0.39 is 0 Å². The molecule has 5 nitrogen and oxygen atoms in total. The summed E-state index contributed by atoms with van der Waals surface area (Å²) in [4.78, 5) is 13.8. The molecule has 0 saturated carbocycles. The first-order chi connectivity index (χ1) is 8.70. The van der Waals surface area contributed by atoms with E-state index >= 15 is 0 Å². The fourth-order valence-corrected chi connectivity index (χ4v) is 2.36. The van der Waals surface area contributed by atoms with Crippen LogP contribution >= 0.6 is 0 Å². The Hall–Kier alpha value is -1.33. The molecule has 0 aliphatic carbocycles. The van der Waals surface area contributed by atoms with Gasteiger partial charge in [-0.1, -0.05) is 0 Å². The Bertz CT molecular complexity index is 450. The molecule has 0 atom stereocenters. The zero-order chi connectivity index (χ0) is 13.0. The van der Waals surface area contributed by atoms with Crippen LogP contribution in [0.2, 0.25) is 0 Å². The summed E-state index contributed by atoms with van der Waals surface area (Å²) in [7, 11) is 0. The standard InChI is InChI=1S/C13H20N2O3/c16-7-3-6-15-10-13(18)12(17)8-11(15)9-14-4-1-2-5-14/h8,10,16,18H,1-7,9H2. The van der Waals surface area contributed by atoms with Crippen LogP contribution in [0.25, 0.3) is 0 Å². The van der Waals surface area contributed by atoms with Gasteiger partial charge in [-0.3, -0.25) is 9.69 Å². The summed E-state index contributed by atoms with van der Waals surface area (Å²) in [6.45, 7) is 3.59. The van der Waals surface area contributed by atoms with Crippen molar-refractivity contribution in [3.05, 3.63) is 28.2 Å². The maximum absolute atomic E-state index is 11.5. The molecule has 0 spiro atoms. The molecule has 0 unspecified atom stereocenters. The minimum atomic E-state index is -0.329. The summed E-state index contributed by atoms with van der Waals surface area (Å²) in [5.41, 5.74) is 0.581. The van der Waals surface area contributed by atoms with Crippen LogP contribution in [0.1, 0.15) is 25.0 Å². The fourth-order valence-electron chi connectivity index (χ4n) is 2.36. The van der Waals surface area contributed by atoms with Crippen molar-refractivity contribution < 1.29 is 10.2 Å². The van der Waals surface area contributed by atoms with Crippen molar-refractivity contribution >= 4 is 0 Å². The highest BCUT2D eigenvalue weighted by molar-refractivity contribution is 5.20. The molecule has 0 amide bonds. The third-order valence-electron chi connectivity index (χ3n) is 3.34. The van der Waals surface area contributed by atoms with Crippen LogP contribution in [0.4, 0.5) is 0 Å². The number of rotatable bonds is 5. The van der Waals surface area contributed by atoms with Crippen LogP contribution in [-0.4, -0.2) is 39.4 Å². The molecule has 2 heterocycles. The fraction of sp³-hybridized carbons (Fsp3) is 0.615. The third kappa shape index (κ3) is 3.11. The van der Waals surface area contributed by atoms with E-state index in [0.29, 0.717) is 13.0 Å². The highest BCUT2D eigenvalue weighted by Crippen LogP contribution is 2.14. The average molecular weight is 252 g/mol. The summed E-state index contributed by atoms with van der Waals surface area (Å²) >= 11 is 0. The van der Waals surface area contributed by atoms with Crippen molar-refractivity contribution in [2.45, 2.75) is 32.4 Å². The van der Waals surface area contributed by atoms with Crippen LogP contribution in [0, 0.1) is 0 Å². The van der Waals surface area contributed by atoms with Crippen molar-refractivity contribution in [3.63, 3.8) is 0 Å². The van der Waals surface area contributed by atoms with Crippen LogP contribution in [0.15, 0.2) is 17.1 Å². The van der Waals surface area contributed by atoms with E-state index in [4.69, 9.17) is 5.11 Å². The Morgan fingerprint density at radius 3 is 2.67 bits per heavy atom. The van der Waals surface area contributed by atoms with Gasteiger partial charge in [0.15, 0.2) is 5.75 Å². The number of aromatic nitrogens is 1.